The Morgan fingerprint density at radius 2 is 2.16 bits per heavy atom. The highest BCUT2D eigenvalue weighted by Gasteiger charge is 2.38. The van der Waals surface area contributed by atoms with Crippen LogP contribution in [0.2, 0.25) is 0 Å². The third-order valence-electron chi connectivity index (χ3n) is 5.38. The van der Waals surface area contributed by atoms with Crippen LogP contribution in [0.3, 0.4) is 0 Å². The Morgan fingerprint density at radius 3 is 3.04 bits per heavy atom. The van der Waals surface area contributed by atoms with Gasteiger partial charge in [-0.3, -0.25) is 4.40 Å². The topological polar surface area (TPSA) is 80.6 Å². The van der Waals surface area contributed by atoms with E-state index in [1.54, 1.807) is 0 Å². The molecular formula is C18H25N5O2. The smallest absolute Gasteiger partial charge is 0.315 e. The summed E-state index contributed by atoms with van der Waals surface area (Å²) < 4.78 is 7.97. The van der Waals surface area contributed by atoms with Crippen LogP contribution in [0.15, 0.2) is 24.4 Å². The molecule has 1 unspecified atom stereocenters. The van der Waals surface area contributed by atoms with Crippen molar-refractivity contribution in [2.75, 3.05) is 6.61 Å². The number of rotatable bonds is 3. The Labute approximate surface area is 147 Å². The van der Waals surface area contributed by atoms with Gasteiger partial charge in [0.1, 0.15) is 0 Å². The molecule has 7 heteroatoms. The minimum atomic E-state index is -0.148. The van der Waals surface area contributed by atoms with E-state index in [1.807, 2.05) is 28.8 Å². The summed E-state index contributed by atoms with van der Waals surface area (Å²) in [6, 6.07) is 5.76. The fraction of sp³-hybridized carbons (Fsp3) is 0.611. The van der Waals surface area contributed by atoms with Gasteiger partial charge >= 0.3 is 6.03 Å². The second-order valence-corrected chi connectivity index (χ2v) is 7.15. The van der Waals surface area contributed by atoms with Crippen molar-refractivity contribution in [3.63, 3.8) is 0 Å². The molecule has 2 amide bonds. The van der Waals surface area contributed by atoms with E-state index in [4.69, 9.17) is 4.74 Å². The summed E-state index contributed by atoms with van der Waals surface area (Å²) in [5, 5.41) is 14.2. The number of nitrogens with one attached hydrogen (secondary N) is 2. The number of amides is 2. The standard InChI is InChI=1S/C18H25N5O2/c24-17(19-13-16-22-21-15-6-2-5-10-23(15)16)20-14-7-11-25-18(12-14)8-3-1-4-9-18/h2,5-6,10,14H,1,3-4,7-9,11-13H2,(H2,19,20,24). The molecule has 7 nitrogen and oxygen atoms in total. The quantitative estimate of drug-likeness (QED) is 0.897. The van der Waals surface area contributed by atoms with E-state index in [-0.39, 0.29) is 17.7 Å². The summed E-state index contributed by atoms with van der Waals surface area (Å²) in [6.07, 6.45) is 9.72. The van der Waals surface area contributed by atoms with E-state index in [9.17, 15) is 4.79 Å². The minimum Gasteiger partial charge on any atom is -0.375 e. The lowest BCUT2D eigenvalue weighted by Crippen LogP contribution is -2.51. The van der Waals surface area contributed by atoms with Gasteiger partial charge in [0.25, 0.3) is 0 Å². The molecule has 1 aliphatic carbocycles. The average molecular weight is 343 g/mol. The zero-order valence-electron chi connectivity index (χ0n) is 14.4. The molecule has 1 saturated carbocycles. The van der Waals surface area contributed by atoms with E-state index < -0.39 is 0 Å². The van der Waals surface area contributed by atoms with Gasteiger partial charge in [-0.25, -0.2) is 4.79 Å². The highest BCUT2D eigenvalue weighted by Crippen LogP contribution is 2.38. The number of aromatic nitrogens is 3. The van der Waals surface area contributed by atoms with Gasteiger partial charge in [0, 0.05) is 18.8 Å². The monoisotopic (exact) mass is 343 g/mol. The Bertz CT molecular complexity index is 732. The predicted molar refractivity (Wildman–Crippen MR) is 93.1 cm³/mol. The highest BCUT2D eigenvalue weighted by molar-refractivity contribution is 5.74. The summed E-state index contributed by atoms with van der Waals surface area (Å²) in [6.45, 7) is 1.09. The predicted octanol–water partition coefficient (Wildman–Crippen LogP) is 2.41. The zero-order chi connectivity index (χ0) is 17.1. The van der Waals surface area contributed by atoms with Crippen LogP contribution in [-0.2, 0) is 11.3 Å². The second kappa shape index (κ2) is 7.00. The van der Waals surface area contributed by atoms with Crippen LogP contribution in [0.1, 0.15) is 50.8 Å². The third kappa shape index (κ3) is 3.61. The molecule has 0 bridgehead atoms. The van der Waals surface area contributed by atoms with E-state index >= 15 is 0 Å². The maximum Gasteiger partial charge on any atom is 0.315 e. The van der Waals surface area contributed by atoms with Gasteiger partial charge in [0.15, 0.2) is 11.5 Å². The largest absolute Gasteiger partial charge is 0.375 e. The van der Waals surface area contributed by atoms with Gasteiger partial charge in [-0.1, -0.05) is 25.3 Å². The molecule has 2 aromatic heterocycles. The van der Waals surface area contributed by atoms with Gasteiger partial charge < -0.3 is 15.4 Å². The van der Waals surface area contributed by atoms with Crippen molar-refractivity contribution >= 4 is 11.7 Å². The first-order valence-electron chi connectivity index (χ1n) is 9.21. The van der Waals surface area contributed by atoms with Crippen molar-refractivity contribution < 1.29 is 9.53 Å². The molecule has 25 heavy (non-hydrogen) atoms. The molecule has 0 aromatic carbocycles. The number of carbonyl (C=O) groups excluding carboxylic acids is 1. The van der Waals surface area contributed by atoms with E-state index in [2.05, 4.69) is 20.8 Å². The SMILES string of the molecule is O=C(NCc1nnc2ccccn12)NC1CCOC2(CCCCC2)C1. The first-order chi connectivity index (χ1) is 12.2. The summed E-state index contributed by atoms with van der Waals surface area (Å²) >= 11 is 0. The van der Waals surface area contributed by atoms with Gasteiger partial charge in [-0.2, -0.15) is 0 Å². The molecule has 4 rings (SSSR count). The number of hydrogen-bond acceptors (Lipinski definition) is 4. The second-order valence-electron chi connectivity index (χ2n) is 7.15. The maximum atomic E-state index is 12.3. The molecule has 134 valence electrons. The molecule has 0 radical (unpaired) electrons. The molecule has 1 aliphatic heterocycles. The fourth-order valence-corrected chi connectivity index (χ4v) is 4.10. The summed E-state index contributed by atoms with van der Waals surface area (Å²) in [5.41, 5.74) is 0.779. The summed E-state index contributed by atoms with van der Waals surface area (Å²) in [7, 11) is 0. The molecule has 1 spiro atoms. The Kier molecular flexibility index (Phi) is 4.57. The molecule has 2 fully saturated rings. The normalized spacial score (nSPS) is 22.8. The van der Waals surface area contributed by atoms with Crippen molar-refractivity contribution in [3.8, 4) is 0 Å². The van der Waals surface area contributed by atoms with Crippen molar-refractivity contribution in [3.05, 3.63) is 30.2 Å². The van der Waals surface area contributed by atoms with E-state index in [0.717, 1.165) is 43.8 Å². The lowest BCUT2D eigenvalue weighted by Gasteiger charge is -2.43. The van der Waals surface area contributed by atoms with Crippen LogP contribution in [0.5, 0.6) is 0 Å². The Morgan fingerprint density at radius 1 is 1.28 bits per heavy atom. The molecule has 3 heterocycles. The Balaban J connectivity index is 1.31. The number of fused-ring (bicyclic) bond motifs is 1. The molecule has 2 N–H and O–H groups in total. The molecule has 2 aliphatic rings. The van der Waals surface area contributed by atoms with Crippen molar-refractivity contribution in [1.29, 1.82) is 0 Å². The zero-order valence-corrected chi connectivity index (χ0v) is 14.4. The van der Waals surface area contributed by atoms with Crippen LogP contribution in [0.25, 0.3) is 5.65 Å². The van der Waals surface area contributed by atoms with E-state index in [0.29, 0.717) is 6.54 Å². The number of hydrogen-bond donors (Lipinski definition) is 2. The van der Waals surface area contributed by atoms with Gasteiger partial charge in [0.2, 0.25) is 0 Å². The highest BCUT2D eigenvalue weighted by atomic mass is 16.5. The number of urea groups is 1. The molecule has 1 atom stereocenters. The lowest BCUT2D eigenvalue weighted by molar-refractivity contribution is -0.107. The van der Waals surface area contributed by atoms with Crippen LogP contribution in [-0.4, -0.2) is 38.9 Å². The lowest BCUT2D eigenvalue weighted by atomic mass is 9.78. The van der Waals surface area contributed by atoms with Crippen LogP contribution < -0.4 is 10.6 Å². The molecule has 1 saturated heterocycles. The van der Waals surface area contributed by atoms with Crippen LogP contribution >= 0.6 is 0 Å². The number of ether oxygens (including phenoxy) is 1. The van der Waals surface area contributed by atoms with Crippen LogP contribution in [0.4, 0.5) is 4.79 Å². The third-order valence-corrected chi connectivity index (χ3v) is 5.38. The minimum absolute atomic E-state index is 0.00233. The number of carbonyl (C=O) groups is 1. The fourth-order valence-electron chi connectivity index (χ4n) is 4.10. The summed E-state index contributed by atoms with van der Waals surface area (Å²) in [5.74, 6) is 0.724. The van der Waals surface area contributed by atoms with Gasteiger partial charge in [-0.15, -0.1) is 10.2 Å². The number of nitrogens with zero attached hydrogens (tertiary/aromatic N) is 3. The van der Waals surface area contributed by atoms with Crippen molar-refractivity contribution in [2.24, 2.45) is 0 Å². The van der Waals surface area contributed by atoms with Gasteiger partial charge in [-0.05, 0) is 37.8 Å². The van der Waals surface area contributed by atoms with Crippen molar-refractivity contribution in [1.82, 2.24) is 25.2 Å². The maximum absolute atomic E-state index is 12.3. The first-order valence-corrected chi connectivity index (χ1v) is 9.21. The molecular weight excluding hydrogens is 318 g/mol. The van der Waals surface area contributed by atoms with E-state index in [1.165, 1.54) is 19.3 Å². The van der Waals surface area contributed by atoms with Gasteiger partial charge in [0.05, 0.1) is 12.1 Å². The average Bonchev–Trinajstić information content (AvgIpc) is 3.04. The summed E-state index contributed by atoms with van der Waals surface area (Å²) in [4.78, 5) is 12.3. The number of pyridine rings is 1. The first kappa shape index (κ1) is 16.3. The molecule has 2 aromatic rings. The Hall–Kier alpha value is -2.15. The van der Waals surface area contributed by atoms with Crippen molar-refractivity contribution in [2.45, 2.75) is 63.1 Å². The van der Waals surface area contributed by atoms with Crippen LogP contribution in [0, 0.1) is 0 Å².